The van der Waals surface area contributed by atoms with Gasteiger partial charge in [-0.3, -0.25) is 4.90 Å². The van der Waals surface area contributed by atoms with Crippen LogP contribution in [0.1, 0.15) is 39.5 Å². The van der Waals surface area contributed by atoms with E-state index in [-0.39, 0.29) is 5.41 Å². The molecule has 0 amide bonds. The highest BCUT2D eigenvalue weighted by Gasteiger charge is 2.33. The third-order valence-corrected chi connectivity index (χ3v) is 4.31. The molecule has 3 nitrogen and oxygen atoms in total. The van der Waals surface area contributed by atoms with Gasteiger partial charge in [-0.15, -0.1) is 0 Å². The molecule has 17 heavy (non-hydrogen) atoms. The van der Waals surface area contributed by atoms with Crippen LogP contribution in [0.15, 0.2) is 0 Å². The highest BCUT2D eigenvalue weighted by Crippen LogP contribution is 2.29. The van der Waals surface area contributed by atoms with E-state index in [2.05, 4.69) is 23.6 Å². The lowest BCUT2D eigenvalue weighted by Gasteiger charge is -2.39. The highest BCUT2D eigenvalue weighted by atomic mass is 16.3. The molecule has 1 unspecified atom stereocenters. The van der Waals surface area contributed by atoms with Crippen LogP contribution in [0, 0.1) is 5.41 Å². The van der Waals surface area contributed by atoms with E-state index in [0.29, 0.717) is 6.61 Å². The minimum Gasteiger partial charge on any atom is -0.396 e. The lowest BCUT2D eigenvalue weighted by molar-refractivity contribution is 0.0490. The van der Waals surface area contributed by atoms with Crippen LogP contribution in [0.5, 0.6) is 0 Å². The van der Waals surface area contributed by atoms with Crippen molar-refractivity contribution in [1.82, 2.24) is 9.80 Å². The molecule has 3 heteroatoms. The van der Waals surface area contributed by atoms with E-state index < -0.39 is 0 Å². The lowest BCUT2D eigenvalue weighted by Crippen LogP contribution is -2.50. The minimum absolute atomic E-state index is 0.108. The summed E-state index contributed by atoms with van der Waals surface area (Å²) in [5.74, 6) is 0. The first kappa shape index (κ1) is 13.3. The van der Waals surface area contributed by atoms with Gasteiger partial charge >= 0.3 is 0 Å². The molecule has 0 aromatic heterocycles. The van der Waals surface area contributed by atoms with Crippen molar-refractivity contribution >= 4 is 0 Å². The largest absolute Gasteiger partial charge is 0.396 e. The summed E-state index contributed by atoms with van der Waals surface area (Å²) in [6, 6.07) is 0.914. The van der Waals surface area contributed by atoms with Crippen LogP contribution in [-0.2, 0) is 0 Å². The summed E-state index contributed by atoms with van der Waals surface area (Å²) >= 11 is 0. The zero-order valence-corrected chi connectivity index (χ0v) is 11.5. The fourth-order valence-corrected chi connectivity index (χ4v) is 3.08. The van der Waals surface area contributed by atoms with Crippen molar-refractivity contribution in [2.75, 3.05) is 39.3 Å². The average Bonchev–Trinajstić information content (AvgIpc) is 3.14. The molecule has 1 N–H and O–H groups in total. The first-order valence-corrected chi connectivity index (χ1v) is 7.24. The molecule has 2 rings (SSSR count). The maximum atomic E-state index is 9.56. The van der Waals surface area contributed by atoms with Crippen LogP contribution in [0.3, 0.4) is 0 Å². The minimum atomic E-state index is 0.108. The number of hydrogen-bond acceptors (Lipinski definition) is 3. The van der Waals surface area contributed by atoms with Crippen LogP contribution in [0.4, 0.5) is 0 Å². The first-order chi connectivity index (χ1) is 8.17. The van der Waals surface area contributed by atoms with Crippen LogP contribution in [-0.4, -0.2) is 60.3 Å². The van der Waals surface area contributed by atoms with E-state index in [1.807, 2.05) is 0 Å². The zero-order chi connectivity index (χ0) is 12.3. The average molecular weight is 240 g/mol. The maximum Gasteiger partial charge on any atom is 0.0497 e. The van der Waals surface area contributed by atoms with Crippen LogP contribution >= 0.6 is 0 Å². The summed E-state index contributed by atoms with van der Waals surface area (Å²) in [5.41, 5.74) is 0.108. The van der Waals surface area contributed by atoms with Gasteiger partial charge in [-0.2, -0.15) is 0 Å². The first-order valence-electron chi connectivity index (χ1n) is 7.24. The topological polar surface area (TPSA) is 26.7 Å². The summed E-state index contributed by atoms with van der Waals surface area (Å²) in [7, 11) is 0. The standard InChI is InChI=1S/C14H28N2O/c1-3-6-14(2,12-17)11-15-7-9-16(10-8-15)13-4-5-13/h13,17H,3-12H2,1-2H3. The molecule has 1 heterocycles. The molecule has 1 saturated heterocycles. The summed E-state index contributed by atoms with van der Waals surface area (Å²) in [6.45, 7) is 10.7. The summed E-state index contributed by atoms with van der Waals surface area (Å²) < 4.78 is 0. The lowest BCUT2D eigenvalue weighted by atomic mass is 9.86. The highest BCUT2D eigenvalue weighted by molar-refractivity contribution is 4.88. The second kappa shape index (κ2) is 5.68. The Labute approximate surface area is 106 Å². The van der Waals surface area contributed by atoms with E-state index in [9.17, 15) is 5.11 Å². The molecule has 2 fully saturated rings. The molecule has 0 aromatic carbocycles. The number of piperazine rings is 1. The van der Waals surface area contributed by atoms with E-state index in [4.69, 9.17) is 0 Å². The van der Waals surface area contributed by atoms with Gasteiger partial charge in [-0.25, -0.2) is 0 Å². The molecule has 100 valence electrons. The van der Waals surface area contributed by atoms with E-state index in [1.54, 1.807) is 0 Å². The van der Waals surface area contributed by atoms with Gasteiger partial charge in [-0.1, -0.05) is 20.3 Å². The van der Waals surface area contributed by atoms with Gasteiger partial charge in [0.1, 0.15) is 0 Å². The van der Waals surface area contributed by atoms with Crippen molar-refractivity contribution < 1.29 is 5.11 Å². The van der Waals surface area contributed by atoms with Crippen molar-refractivity contribution in [3.05, 3.63) is 0 Å². The molecule has 1 aliphatic heterocycles. The van der Waals surface area contributed by atoms with E-state index >= 15 is 0 Å². The van der Waals surface area contributed by atoms with Gasteiger partial charge < -0.3 is 10.0 Å². The molecule has 1 atom stereocenters. The number of hydrogen-bond donors (Lipinski definition) is 1. The Kier molecular flexibility index (Phi) is 4.45. The zero-order valence-electron chi connectivity index (χ0n) is 11.5. The third kappa shape index (κ3) is 3.67. The van der Waals surface area contributed by atoms with E-state index in [0.717, 1.165) is 19.0 Å². The second-order valence-electron chi connectivity index (χ2n) is 6.26. The van der Waals surface area contributed by atoms with Crippen LogP contribution in [0.2, 0.25) is 0 Å². The monoisotopic (exact) mass is 240 g/mol. The Morgan fingerprint density at radius 1 is 1.18 bits per heavy atom. The van der Waals surface area contributed by atoms with Crippen molar-refractivity contribution in [2.45, 2.75) is 45.6 Å². The predicted molar refractivity (Wildman–Crippen MR) is 71.1 cm³/mol. The summed E-state index contributed by atoms with van der Waals surface area (Å²) in [5, 5.41) is 9.56. The number of aliphatic hydroxyl groups is 1. The SMILES string of the molecule is CCCC(C)(CO)CN1CCN(C2CC2)CC1. The second-order valence-corrected chi connectivity index (χ2v) is 6.26. The number of aliphatic hydroxyl groups excluding tert-OH is 1. The Morgan fingerprint density at radius 2 is 1.82 bits per heavy atom. The van der Waals surface area contributed by atoms with Crippen molar-refractivity contribution in [2.24, 2.45) is 5.41 Å². The van der Waals surface area contributed by atoms with Crippen LogP contribution in [0.25, 0.3) is 0 Å². The molecule has 2 aliphatic rings. The van der Waals surface area contributed by atoms with Crippen molar-refractivity contribution in [3.63, 3.8) is 0 Å². The van der Waals surface area contributed by atoms with Gasteiger partial charge in [-0.05, 0) is 19.3 Å². The molecule has 1 saturated carbocycles. The molecule has 0 aromatic rings. The van der Waals surface area contributed by atoms with Crippen LogP contribution < -0.4 is 0 Å². The van der Waals surface area contributed by atoms with Gasteiger partial charge in [0.15, 0.2) is 0 Å². The maximum absolute atomic E-state index is 9.56. The Morgan fingerprint density at radius 3 is 2.29 bits per heavy atom. The van der Waals surface area contributed by atoms with Gasteiger partial charge in [0.25, 0.3) is 0 Å². The normalized spacial score (nSPS) is 27.0. The van der Waals surface area contributed by atoms with E-state index in [1.165, 1.54) is 45.4 Å². The Balaban J connectivity index is 1.75. The smallest absolute Gasteiger partial charge is 0.0497 e. The molecular weight excluding hydrogens is 212 g/mol. The summed E-state index contributed by atoms with van der Waals surface area (Å²) in [4.78, 5) is 5.19. The Hall–Kier alpha value is -0.120. The Bertz CT molecular complexity index is 234. The third-order valence-electron chi connectivity index (χ3n) is 4.31. The van der Waals surface area contributed by atoms with Gasteiger partial charge in [0.2, 0.25) is 0 Å². The molecule has 1 aliphatic carbocycles. The quantitative estimate of drug-likeness (QED) is 0.763. The molecule has 0 radical (unpaired) electrons. The molecular formula is C14H28N2O. The van der Waals surface area contributed by atoms with Gasteiger partial charge in [0, 0.05) is 50.8 Å². The fraction of sp³-hybridized carbons (Fsp3) is 1.00. The summed E-state index contributed by atoms with van der Waals surface area (Å²) in [6.07, 6.45) is 5.14. The van der Waals surface area contributed by atoms with Gasteiger partial charge in [0.05, 0.1) is 0 Å². The molecule has 0 bridgehead atoms. The van der Waals surface area contributed by atoms with Crippen molar-refractivity contribution in [3.8, 4) is 0 Å². The fourth-order valence-electron chi connectivity index (χ4n) is 3.08. The number of rotatable bonds is 6. The predicted octanol–water partition coefficient (Wildman–Crippen LogP) is 1.57. The molecule has 0 spiro atoms. The number of nitrogens with zero attached hydrogens (tertiary/aromatic N) is 2. The van der Waals surface area contributed by atoms with Crippen molar-refractivity contribution in [1.29, 1.82) is 0 Å².